The van der Waals surface area contributed by atoms with Crippen LogP contribution < -0.4 is 21.1 Å². The molecule has 0 bridgehead atoms. The van der Waals surface area contributed by atoms with Gasteiger partial charge in [0.2, 0.25) is 0 Å². The summed E-state index contributed by atoms with van der Waals surface area (Å²) in [5.74, 6) is 0.260. The van der Waals surface area contributed by atoms with Gasteiger partial charge in [-0.1, -0.05) is 42.0 Å². The van der Waals surface area contributed by atoms with Crippen LogP contribution in [-0.2, 0) is 10.0 Å². The van der Waals surface area contributed by atoms with Crippen LogP contribution in [0.5, 0.6) is 5.75 Å². The van der Waals surface area contributed by atoms with E-state index in [-0.39, 0.29) is 21.7 Å². The van der Waals surface area contributed by atoms with Crippen LogP contribution in [0.25, 0.3) is 33.4 Å². The molecule has 6 rings (SSSR count). The Morgan fingerprint density at radius 2 is 1.60 bits per heavy atom. The number of hydrogen-bond acceptors (Lipinski definition) is 9. The van der Waals surface area contributed by atoms with E-state index < -0.39 is 21.7 Å². The molecule has 1 amide bonds. The number of imidazole rings is 1. The number of aryl methyl sites for hydroxylation is 1. The Morgan fingerprint density at radius 1 is 0.911 bits per heavy atom. The van der Waals surface area contributed by atoms with Gasteiger partial charge in [0.1, 0.15) is 12.1 Å². The number of fused-ring (bicyclic) bond motifs is 1. The minimum atomic E-state index is -3.93. The van der Waals surface area contributed by atoms with Gasteiger partial charge in [0.05, 0.1) is 27.2 Å². The summed E-state index contributed by atoms with van der Waals surface area (Å²) >= 11 is 0. The topological polar surface area (TPSA) is 203 Å². The molecule has 228 valence electrons. The van der Waals surface area contributed by atoms with Crippen molar-refractivity contribution in [3.63, 3.8) is 0 Å². The van der Waals surface area contributed by atoms with Gasteiger partial charge in [-0.15, -0.1) is 0 Å². The maximum atomic E-state index is 13.4. The number of aromatic nitrogens is 4. The smallest absolute Gasteiger partial charge is 0.417 e. The van der Waals surface area contributed by atoms with E-state index in [1.165, 1.54) is 42.7 Å². The molecular weight excluding hydrogens is 600 g/mol. The van der Waals surface area contributed by atoms with Crippen LogP contribution in [0.4, 0.5) is 16.2 Å². The molecule has 6 aromatic rings. The lowest BCUT2D eigenvalue weighted by molar-refractivity contribution is 0.215. The molecule has 0 radical (unpaired) electrons. The van der Waals surface area contributed by atoms with Crippen molar-refractivity contribution in [3.05, 3.63) is 125 Å². The molecule has 0 atom stereocenters. The average molecular weight is 626 g/mol. The number of aromatic amines is 1. The molecule has 14 heteroatoms. The SMILES string of the molecule is Cc1ccc(S(=O)(=O)n2cnc3c(-c4cc(-c5ccc(NC(=O)Oc6ccc(N[O-])cc6)cc5)n[nH]c4=O)cccc32)cc1.O. The van der Waals surface area contributed by atoms with Gasteiger partial charge >= 0.3 is 6.09 Å². The van der Waals surface area contributed by atoms with Crippen molar-refractivity contribution >= 4 is 38.5 Å². The summed E-state index contributed by atoms with van der Waals surface area (Å²) in [5, 5.41) is 20.0. The highest BCUT2D eigenvalue weighted by atomic mass is 32.2. The standard InChI is InChI=1S/C31H23N6O6S.H2O/c1-19-5-15-24(16-6-19)44(41,42)37-18-32-29-25(3-2-4-28(29)37)26-17-27(34-35-30(26)38)20-7-9-21(10-8-20)33-31(39)43-23-13-11-22(36-40)12-14-23;/h2-18,36H,1H3,(H,33,39)(H,35,38);1H2/q-1;. The van der Waals surface area contributed by atoms with Crippen molar-refractivity contribution < 1.29 is 23.4 Å². The zero-order valence-corrected chi connectivity index (χ0v) is 24.3. The second-order valence-corrected chi connectivity index (χ2v) is 11.6. The first-order chi connectivity index (χ1) is 21.2. The number of carbonyl (C=O) groups excluding carboxylic acids is 1. The number of benzene rings is 4. The molecule has 5 N–H and O–H groups in total. The number of carbonyl (C=O) groups is 1. The Hall–Kier alpha value is -5.83. The molecule has 2 heterocycles. The molecule has 0 fully saturated rings. The second-order valence-electron chi connectivity index (χ2n) is 9.75. The van der Waals surface area contributed by atoms with Gasteiger partial charge in [-0.3, -0.25) is 10.1 Å². The lowest BCUT2D eigenvalue weighted by Gasteiger charge is -2.10. The molecule has 0 aliphatic carbocycles. The number of rotatable bonds is 7. The van der Waals surface area contributed by atoms with Gasteiger partial charge in [-0.05, 0) is 67.6 Å². The number of hydrogen-bond donors (Lipinski definition) is 3. The highest BCUT2D eigenvalue weighted by Crippen LogP contribution is 2.30. The number of nitrogens with zero attached hydrogens (tertiary/aromatic N) is 3. The fraction of sp³-hybridized carbons (Fsp3) is 0.0323. The Morgan fingerprint density at radius 3 is 2.29 bits per heavy atom. The fourth-order valence-electron chi connectivity index (χ4n) is 4.57. The molecule has 4 aromatic carbocycles. The third-order valence-electron chi connectivity index (χ3n) is 6.83. The minimum Gasteiger partial charge on any atom is -0.761 e. The van der Waals surface area contributed by atoms with E-state index in [1.807, 2.05) is 6.92 Å². The Balaban J connectivity index is 0.00000400. The van der Waals surface area contributed by atoms with E-state index >= 15 is 0 Å². The first-order valence-corrected chi connectivity index (χ1v) is 14.6. The van der Waals surface area contributed by atoms with E-state index in [0.29, 0.717) is 39.2 Å². The van der Waals surface area contributed by atoms with Crippen molar-refractivity contribution in [3.8, 4) is 28.1 Å². The summed E-state index contributed by atoms with van der Waals surface area (Å²) in [6.07, 6.45) is 0.511. The molecule has 2 aromatic heterocycles. The predicted octanol–water partition coefficient (Wildman–Crippen LogP) is 4.69. The third-order valence-corrected chi connectivity index (χ3v) is 8.50. The number of anilines is 2. The zero-order chi connectivity index (χ0) is 30.8. The maximum Gasteiger partial charge on any atom is 0.417 e. The molecule has 45 heavy (non-hydrogen) atoms. The van der Waals surface area contributed by atoms with Crippen LogP contribution in [0.15, 0.2) is 113 Å². The molecule has 0 aliphatic heterocycles. The third kappa shape index (κ3) is 6.14. The zero-order valence-electron chi connectivity index (χ0n) is 23.5. The van der Waals surface area contributed by atoms with Crippen LogP contribution >= 0.6 is 0 Å². The molecule has 0 saturated carbocycles. The van der Waals surface area contributed by atoms with E-state index in [1.54, 1.807) is 66.1 Å². The van der Waals surface area contributed by atoms with Crippen LogP contribution in [0.2, 0.25) is 0 Å². The summed E-state index contributed by atoms with van der Waals surface area (Å²) in [7, 11) is -3.93. The predicted molar refractivity (Wildman–Crippen MR) is 169 cm³/mol. The van der Waals surface area contributed by atoms with E-state index in [9.17, 15) is 23.2 Å². The summed E-state index contributed by atoms with van der Waals surface area (Å²) in [4.78, 5) is 29.7. The van der Waals surface area contributed by atoms with E-state index in [2.05, 4.69) is 20.5 Å². The van der Waals surface area contributed by atoms with Crippen LogP contribution in [0, 0.1) is 12.1 Å². The molecule has 0 aliphatic rings. The largest absolute Gasteiger partial charge is 0.761 e. The Kier molecular flexibility index (Phi) is 8.45. The summed E-state index contributed by atoms with van der Waals surface area (Å²) < 4.78 is 33.1. The highest BCUT2D eigenvalue weighted by molar-refractivity contribution is 7.90. The van der Waals surface area contributed by atoms with Crippen molar-refractivity contribution in [1.82, 2.24) is 19.2 Å². The van der Waals surface area contributed by atoms with E-state index in [0.717, 1.165) is 9.54 Å². The van der Waals surface area contributed by atoms with Crippen LogP contribution in [0.1, 0.15) is 5.56 Å². The van der Waals surface area contributed by atoms with E-state index in [4.69, 9.17) is 4.74 Å². The number of H-pyrrole nitrogens is 1. The minimum absolute atomic E-state index is 0. The summed E-state index contributed by atoms with van der Waals surface area (Å²) in [6.45, 7) is 1.87. The number of para-hydroxylation sites is 1. The van der Waals surface area contributed by atoms with Crippen molar-refractivity contribution in [2.45, 2.75) is 11.8 Å². The Bertz CT molecular complexity index is 2160. The van der Waals surface area contributed by atoms with Gasteiger partial charge in [0.15, 0.2) is 0 Å². The second kappa shape index (κ2) is 12.4. The lowest BCUT2D eigenvalue weighted by Crippen LogP contribution is -2.16. The number of amides is 1. The first-order valence-electron chi connectivity index (χ1n) is 13.2. The molecule has 0 unspecified atom stereocenters. The Labute approximate surface area is 256 Å². The maximum absolute atomic E-state index is 13.4. The van der Waals surface area contributed by atoms with Crippen LogP contribution in [-0.4, -0.2) is 39.1 Å². The van der Waals surface area contributed by atoms with Gasteiger partial charge in [0, 0.05) is 22.5 Å². The summed E-state index contributed by atoms with van der Waals surface area (Å²) in [6, 6.07) is 25.7. The van der Waals surface area contributed by atoms with Gasteiger partial charge in [0.25, 0.3) is 15.6 Å². The van der Waals surface area contributed by atoms with Gasteiger partial charge in [-0.2, -0.15) is 5.10 Å². The van der Waals surface area contributed by atoms with Crippen molar-refractivity contribution in [2.24, 2.45) is 0 Å². The van der Waals surface area contributed by atoms with Gasteiger partial charge in [-0.25, -0.2) is 27.3 Å². The fourth-order valence-corrected chi connectivity index (χ4v) is 5.85. The first kappa shape index (κ1) is 30.6. The lowest BCUT2D eigenvalue weighted by atomic mass is 10.0. The van der Waals surface area contributed by atoms with Crippen molar-refractivity contribution in [2.75, 3.05) is 10.8 Å². The quantitative estimate of drug-likeness (QED) is 0.210. The average Bonchev–Trinajstić information content (AvgIpc) is 3.48. The monoisotopic (exact) mass is 625 g/mol. The molecule has 0 saturated heterocycles. The molecule has 0 spiro atoms. The molecular formula is C31H25N6O7S-. The number of nitrogens with one attached hydrogen (secondary N) is 3. The van der Waals surface area contributed by atoms with Crippen LogP contribution in [0.3, 0.4) is 0 Å². The summed E-state index contributed by atoms with van der Waals surface area (Å²) in [5.41, 5.74) is 5.41. The number of ether oxygens (including phenoxy) is 1. The van der Waals surface area contributed by atoms with Crippen molar-refractivity contribution in [1.29, 1.82) is 0 Å². The highest BCUT2D eigenvalue weighted by Gasteiger charge is 2.22. The normalized spacial score (nSPS) is 11.1. The van der Waals surface area contributed by atoms with Gasteiger partial charge < -0.3 is 20.9 Å². The molecule has 13 nitrogen and oxygen atoms in total.